The molecule has 0 amide bonds. The number of ether oxygens (including phenoxy) is 1. The summed E-state index contributed by atoms with van der Waals surface area (Å²) in [6.07, 6.45) is 2.12. The van der Waals surface area contributed by atoms with Crippen LogP contribution in [0, 0.1) is 11.3 Å². The van der Waals surface area contributed by atoms with Crippen molar-refractivity contribution >= 4 is 11.4 Å². The van der Waals surface area contributed by atoms with E-state index < -0.39 is 0 Å². The van der Waals surface area contributed by atoms with Gasteiger partial charge in [-0.25, -0.2) is 0 Å². The van der Waals surface area contributed by atoms with Gasteiger partial charge in [-0.2, -0.15) is 5.26 Å². The van der Waals surface area contributed by atoms with Crippen LogP contribution in [-0.4, -0.2) is 37.5 Å². The number of hydrogen-bond acceptors (Lipinski definition) is 5. The van der Waals surface area contributed by atoms with Gasteiger partial charge in [0.1, 0.15) is 6.07 Å². The van der Waals surface area contributed by atoms with Crippen molar-refractivity contribution in [2.75, 3.05) is 36.9 Å². The van der Waals surface area contributed by atoms with E-state index in [9.17, 15) is 0 Å². The van der Waals surface area contributed by atoms with Crippen LogP contribution in [0.5, 0.6) is 0 Å². The Morgan fingerprint density at radius 2 is 2.16 bits per heavy atom. The standard InChI is InChI=1S/C14H19N3O2/c15-10-11-1-2-12(9-14(11)16)17-5-3-13(4-6-17)19-8-7-18/h1-2,9,13,18H,3-8,16H2. The first-order chi connectivity index (χ1) is 9.24. The summed E-state index contributed by atoms with van der Waals surface area (Å²) in [4.78, 5) is 2.25. The summed E-state index contributed by atoms with van der Waals surface area (Å²) in [5.41, 5.74) is 7.93. The highest BCUT2D eigenvalue weighted by atomic mass is 16.5. The topological polar surface area (TPSA) is 82.5 Å². The first-order valence-electron chi connectivity index (χ1n) is 6.51. The molecule has 0 spiro atoms. The smallest absolute Gasteiger partial charge is 0.101 e. The molecule has 1 saturated heterocycles. The molecule has 2 rings (SSSR count). The summed E-state index contributed by atoms with van der Waals surface area (Å²) in [5.74, 6) is 0. The van der Waals surface area contributed by atoms with Gasteiger partial charge in [0.25, 0.3) is 0 Å². The molecule has 1 aliphatic heterocycles. The number of hydrogen-bond donors (Lipinski definition) is 2. The molecule has 5 nitrogen and oxygen atoms in total. The van der Waals surface area contributed by atoms with Gasteiger partial charge < -0.3 is 20.5 Å². The van der Waals surface area contributed by atoms with E-state index in [2.05, 4.69) is 11.0 Å². The van der Waals surface area contributed by atoms with Crippen molar-refractivity contribution in [1.29, 1.82) is 5.26 Å². The highest BCUT2D eigenvalue weighted by Crippen LogP contribution is 2.25. The minimum absolute atomic E-state index is 0.0758. The van der Waals surface area contributed by atoms with Gasteiger partial charge in [-0.1, -0.05) is 0 Å². The Labute approximate surface area is 113 Å². The van der Waals surface area contributed by atoms with Gasteiger partial charge in [0, 0.05) is 18.8 Å². The number of aliphatic hydroxyl groups is 1. The largest absolute Gasteiger partial charge is 0.398 e. The molecule has 3 N–H and O–H groups in total. The maximum absolute atomic E-state index is 8.86. The number of nitriles is 1. The molecule has 0 unspecified atom stereocenters. The zero-order chi connectivity index (χ0) is 13.7. The number of benzene rings is 1. The highest BCUT2D eigenvalue weighted by Gasteiger charge is 2.20. The van der Waals surface area contributed by atoms with Crippen LogP contribution in [0.2, 0.25) is 0 Å². The highest BCUT2D eigenvalue weighted by molar-refractivity contribution is 5.63. The Morgan fingerprint density at radius 1 is 1.42 bits per heavy atom. The molecule has 0 radical (unpaired) electrons. The zero-order valence-corrected chi connectivity index (χ0v) is 10.9. The number of piperidine rings is 1. The van der Waals surface area contributed by atoms with Crippen molar-refractivity contribution in [3.63, 3.8) is 0 Å². The maximum atomic E-state index is 8.86. The average Bonchev–Trinajstić information content (AvgIpc) is 2.45. The maximum Gasteiger partial charge on any atom is 0.101 e. The summed E-state index contributed by atoms with van der Waals surface area (Å²) in [6.45, 7) is 2.30. The van der Waals surface area contributed by atoms with Gasteiger partial charge in [0.05, 0.1) is 30.6 Å². The second-order valence-electron chi connectivity index (χ2n) is 4.66. The van der Waals surface area contributed by atoms with E-state index in [1.807, 2.05) is 12.1 Å². The predicted molar refractivity (Wildman–Crippen MR) is 73.8 cm³/mol. The molecule has 0 atom stereocenters. The van der Waals surface area contributed by atoms with Crippen LogP contribution in [0.3, 0.4) is 0 Å². The normalized spacial score (nSPS) is 16.3. The van der Waals surface area contributed by atoms with E-state index in [1.165, 1.54) is 0 Å². The van der Waals surface area contributed by atoms with Crippen molar-refractivity contribution < 1.29 is 9.84 Å². The van der Waals surface area contributed by atoms with E-state index in [0.717, 1.165) is 31.6 Å². The van der Waals surface area contributed by atoms with Crippen molar-refractivity contribution in [2.45, 2.75) is 18.9 Å². The van der Waals surface area contributed by atoms with Gasteiger partial charge in [0.2, 0.25) is 0 Å². The number of nitrogens with zero attached hydrogens (tertiary/aromatic N) is 2. The van der Waals surface area contributed by atoms with Crippen LogP contribution in [0.25, 0.3) is 0 Å². The zero-order valence-electron chi connectivity index (χ0n) is 10.9. The number of aliphatic hydroxyl groups excluding tert-OH is 1. The summed E-state index contributed by atoms with van der Waals surface area (Å²) < 4.78 is 5.53. The molecule has 102 valence electrons. The van der Waals surface area contributed by atoms with Crippen LogP contribution in [-0.2, 0) is 4.74 Å². The minimum Gasteiger partial charge on any atom is -0.398 e. The second-order valence-corrected chi connectivity index (χ2v) is 4.66. The van der Waals surface area contributed by atoms with Gasteiger partial charge in [-0.15, -0.1) is 0 Å². The predicted octanol–water partition coefficient (Wildman–Crippen LogP) is 1.12. The fraction of sp³-hybridized carbons (Fsp3) is 0.500. The Bertz CT molecular complexity index is 462. The molecule has 0 aliphatic carbocycles. The number of nitrogen functional groups attached to an aromatic ring is 1. The van der Waals surface area contributed by atoms with E-state index >= 15 is 0 Å². The average molecular weight is 261 g/mol. The van der Waals surface area contributed by atoms with Crippen LogP contribution in [0.1, 0.15) is 18.4 Å². The van der Waals surface area contributed by atoms with Crippen LogP contribution in [0.15, 0.2) is 18.2 Å². The summed E-state index contributed by atoms with van der Waals surface area (Å²) >= 11 is 0. The molecular weight excluding hydrogens is 242 g/mol. The lowest BCUT2D eigenvalue weighted by Crippen LogP contribution is -2.37. The van der Waals surface area contributed by atoms with Crippen LogP contribution >= 0.6 is 0 Å². The van der Waals surface area contributed by atoms with Crippen LogP contribution in [0.4, 0.5) is 11.4 Å². The first-order valence-corrected chi connectivity index (χ1v) is 6.51. The molecule has 1 aromatic carbocycles. The molecule has 1 heterocycles. The van der Waals surface area contributed by atoms with Crippen molar-refractivity contribution in [3.8, 4) is 6.07 Å². The van der Waals surface area contributed by atoms with Gasteiger partial charge in [-0.3, -0.25) is 0 Å². The van der Waals surface area contributed by atoms with E-state index in [1.54, 1.807) is 6.07 Å². The Hall–Kier alpha value is -1.77. The molecule has 19 heavy (non-hydrogen) atoms. The number of anilines is 2. The minimum atomic E-state index is 0.0758. The first kappa shape index (κ1) is 13.7. The molecule has 0 bridgehead atoms. The molecule has 0 aromatic heterocycles. The SMILES string of the molecule is N#Cc1ccc(N2CCC(OCCO)CC2)cc1N. The molecule has 0 saturated carbocycles. The van der Waals surface area contributed by atoms with Gasteiger partial charge >= 0.3 is 0 Å². The fourth-order valence-corrected chi connectivity index (χ4v) is 2.35. The molecule has 1 aliphatic rings. The Balaban J connectivity index is 1.94. The number of rotatable bonds is 4. The molecule has 5 heteroatoms. The third kappa shape index (κ3) is 3.37. The van der Waals surface area contributed by atoms with Gasteiger partial charge in [0.15, 0.2) is 0 Å². The lowest BCUT2D eigenvalue weighted by atomic mass is 10.1. The quantitative estimate of drug-likeness (QED) is 0.794. The third-order valence-corrected chi connectivity index (χ3v) is 3.41. The molecule has 1 fully saturated rings. The molecule has 1 aromatic rings. The Morgan fingerprint density at radius 3 is 2.74 bits per heavy atom. The lowest BCUT2D eigenvalue weighted by Gasteiger charge is -2.33. The van der Waals surface area contributed by atoms with Crippen molar-refractivity contribution in [3.05, 3.63) is 23.8 Å². The van der Waals surface area contributed by atoms with Gasteiger partial charge in [-0.05, 0) is 31.0 Å². The van der Waals surface area contributed by atoms with Crippen molar-refractivity contribution in [1.82, 2.24) is 0 Å². The van der Waals surface area contributed by atoms with E-state index in [0.29, 0.717) is 17.9 Å². The van der Waals surface area contributed by atoms with Crippen LogP contribution < -0.4 is 10.6 Å². The number of nitrogens with two attached hydrogens (primary N) is 1. The summed E-state index contributed by atoms with van der Waals surface area (Å²) in [5, 5.41) is 17.6. The monoisotopic (exact) mass is 261 g/mol. The van der Waals surface area contributed by atoms with E-state index in [-0.39, 0.29) is 12.7 Å². The van der Waals surface area contributed by atoms with Crippen molar-refractivity contribution in [2.24, 2.45) is 0 Å². The van der Waals surface area contributed by atoms with E-state index in [4.69, 9.17) is 20.8 Å². The Kier molecular flexibility index (Phi) is 4.61. The lowest BCUT2D eigenvalue weighted by molar-refractivity contribution is 0.0159. The summed E-state index contributed by atoms with van der Waals surface area (Å²) in [7, 11) is 0. The third-order valence-electron chi connectivity index (χ3n) is 3.41. The summed E-state index contributed by atoms with van der Waals surface area (Å²) in [6, 6.07) is 7.62. The fourth-order valence-electron chi connectivity index (χ4n) is 2.35. The second kappa shape index (κ2) is 6.41. The molecular formula is C14H19N3O2.